The van der Waals surface area contributed by atoms with Crippen LogP contribution in [0.1, 0.15) is 25.3 Å². The van der Waals surface area contributed by atoms with E-state index in [2.05, 4.69) is 40.5 Å². The number of para-hydroxylation sites is 1. The molecule has 1 N–H and O–H groups in total. The van der Waals surface area contributed by atoms with Crippen LogP contribution in [0.25, 0.3) is 16.9 Å². The van der Waals surface area contributed by atoms with Crippen LogP contribution in [-0.4, -0.2) is 45.8 Å². The lowest BCUT2D eigenvalue weighted by Gasteiger charge is -2.20. The maximum Gasteiger partial charge on any atom is 0.0973 e. The first-order valence-electron chi connectivity index (χ1n) is 10.3. The molecule has 3 aromatic rings. The lowest BCUT2D eigenvalue weighted by Crippen LogP contribution is -2.31. The van der Waals surface area contributed by atoms with E-state index in [1.807, 2.05) is 47.4 Å². The van der Waals surface area contributed by atoms with Gasteiger partial charge in [0.15, 0.2) is 0 Å². The van der Waals surface area contributed by atoms with Crippen LogP contribution in [0.15, 0.2) is 61.1 Å². The van der Waals surface area contributed by atoms with Gasteiger partial charge in [0, 0.05) is 42.8 Å². The van der Waals surface area contributed by atoms with Gasteiger partial charge in [-0.05, 0) is 62.7 Å². The molecular weight excluding hydrogens is 346 g/mol. The first-order chi connectivity index (χ1) is 13.8. The minimum absolute atomic E-state index is 0.645. The highest BCUT2D eigenvalue weighted by Gasteiger charge is 2.15. The van der Waals surface area contributed by atoms with E-state index in [1.165, 1.54) is 38.0 Å². The molecule has 0 spiro atoms. The van der Waals surface area contributed by atoms with Crippen molar-refractivity contribution in [3.8, 4) is 16.9 Å². The Morgan fingerprint density at radius 1 is 1.04 bits per heavy atom. The summed E-state index contributed by atoms with van der Waals surface area (Å²) >= 11 is 0. The largest absolute Gasteiger partial charge is 0.312 e. The molecule has 146 valence electrons. The second-order valence-electron chi connectivity index (χ2n) is 7.76. The van der Waals surface area contributed by atoms with Gasteiger partial charge in [0.2, 0.25) is 0 Å². The van der Waals surface area contributed by atoms with Gasteiger partial charge in [0.05, 0.1) is 11.4 Å². The summed E-state index contributed by atoms with van der Waals surface area (Å²) in [5, 5.41) is 8.53. The molecule has 2 aromatic heterocycles. The van der Waals surface area contributed by atoms with Crippen LogP contribution < -0.4 is 5.32 Å². The summed E-state index contributed by atoms with van der Waals surface area (Å²) in [6.07, 6.45) is 8.50. The molecule has 1 aliphatic rings. The highest BCUT2D eigenvalue weighted by molar-refractivity contribution is 5.62. The summed E-state index contributed by atoms with van der Waals surface area (Å²) < 4.78 is 1.97. The van der Waals surface area contributed by atoms with Crippen LogP contribution in [0.5, 0.6) is 0 Å². The Morgan fingerprint density at radius 3 is 2.54 bits per heavy atom. The Bertz CT molecular complexity index is 853. The summed E-state index contributed by atoms with van der Waals surface area (Å²) in [6, 6.07) is 14.3. The molecule has 3 heterocycles. The van der Waals surface area contributed by atoms with Crippen molar-refractivity contribution in [2.75, 3.05) is 26.2 Å². The zero-order valence-corrected chi connectivity index (χ0v) is 16.6. The SMILES string of the molecule is CC(CNCc1cn(-c2ccccc2)nc1-c1ccncc1)CN1CCCC1. The Balaban J connectivity index is 1.46. The predicted molar refractivity (Wildman–Crippen MR) is 113 cm³/mol. The van der Waals surface area contributed by atoms with Crippen molar-refractivity contribution < 1.29 is 0 Å². The van der Waals surface area contributed by atoms with Crippen LogP contribution in [0, 0.1) is 5.92 Å². The maximum absolute atomic E-state index is 4.87. The van der Waals surface area contributed by atoms with E-state index in [4.69, 9.17) is 5.10 Å². The summed E-state index contributed by atoms with van der Waals surface area (Å²) in [4.78, 5) is 6.73. The third kappa shape index (κ3) is 4.66. The fourth-order valence-corrected chi connectivity index (χ4v) is 3.93. The molecule has 1 unspecified atom stereocenters. The third-order valence-corrected chi connectivity index (χ3v) is 5.34. The Morgan fingerprint density at radius 2 is 1.79 bits per heavy atom. The lowest BCUT2D eigenvalue weighted by molar-refractivity contribution is 0.282. The molecule has 4 rings (SSSR count). The van der Waals surface area contributed by atoms with Gasteiger partial charge in [-0.3, -0.25) is 4.98 Å². The molecule has 1 aromatic carbocycles. The van der Waals surface area contributed by atoms with Gasteiger partial charge in [0.25, 0.3) is 0 Å². The van der Waals surface area contributed by atoms with E-state index >= 15 is 0 Å². The Hall–Kier alpha value is -2.50. The standard InChI is InChI=1S/C23H29N5/c1-19(17-27-13-5-6-14-27)15-25-16-21-18-28(22-7-3-2-4-8-22)26-23(21)20-9-11-24-12-10-20/h2-4,7-12,18-19,25H,5-6,13-17H2,1H3. The molecule has 1 saturated heterocycles. The number of rotatable bonds is 8. The second kappa shape index (κ2) is 9.13. The normalized spacial score (nSPS) is 15.8. The zero-order valence-electron chi connectivity index (χ0n) is 16.6. The maximum atomic E-state index is 4.87. The number of benzene rings is 1. The minimum atomic E-state index is 0.645. The zero-order chi connectivity index (χ0) is 19.2. The van der Waals surface area contributed by atoms with Crippen molar-refractivity contribution in [3.05, 3.63) is 66.6 Å². The Labute approximate surface area is 167 Å². The molecule has 5 heteroatoms. The van der Waals surface area contributed by atoms with Gasteiger partial charge >= 0.3 is 0 Å². The lowest BCUT2D eigenvalue weighted by atomic mass is 10.1. The third-order valence-electron chi connectivity index (χ3n) is 5.34. The van der Waals surface area contributed by atoms with Crippen molar-refractivity contribution in [2.45, 2.75) is 26.3 Å². The van der Waals surface area contributed by atoms with Crippen molar-refractivity contribution >= 4 is 0 Å². The number of hydrogen-bond acceptors (Lipinski definition) is 4. The number of likely N-dealkylation sites (tertiary alicyclic amines) is 1. The van der Waals surface area contributed by atoms with Crippen molar-refractivity contribution in [2.24, 2.45) is 5.92 Å². The number of pyridine rings is 1. The summed E-state index contributed by atoms with van der Waals surface area (Å²) in [7, 11) is 0. The highest BCUT2D eigenvalue weighted by atomic mass is 15.3. The molecule has 1 fully saturated rings. The monoisotopic (exact) mass is 375 g/mol. The van der Waals surface area contributed by atoms with Gasteiger partial charge in [-0.25, -0.2) is 4.68 Å². The molecule has 0 radical (unpaired) electrons. The average Bonchev–Trinajstić information content (AvgIpc) is 3.39. The molecule has 1 aliphatic heterocycles. The van der Waals surface area contributed by atoms with Crippen LogP contribution >= 0.6 is 0 Å². The molecule has 1 atom stereocenters. The van der Waals surface area contributed by atoms with Crippen LogP contribution in [0.4, 0.5) is 0 Å². The summed E-state index contributed by atoms with van der Waals surface area (Å²) in [5.41, 5.74) is 4.41. The fourth-order valence-electron chi connectivity index (χ4n) is 3.93. The first kappa shape index (κ1) is 18.8. The highest BCUT2D eigenvalue weighted by Crippen LogP contribution is 2.23. The first-order valence-corrected chi connectivity index (χ1v) is 10.3. The van der Waals surface area contributed by atoms with Gasteiger partial charge in [-0.1, -0.05) is 25.1 Å². The summed E-state index contributed by atoms with van der Waals surface area (Å²) in [6.45, 7) is 7.88. The van der Waals surface area contributed by atoms with E-state index < -0.39 is 0 Å². The molecule has 0 aliphatic carbocycles. The van der Waals surface area contributed by atoms with Gasteiger partial charge in [-0.15, -0.1) is 0 Å². The molecule has 0 amide bonds. The number of aromatic nitrogens is 3. The fraction of sp³-hybridized carbons (Fsp3) is 0.391. The topological polar surface area (TPSA) is 46.0 Å². The van der Waals surface area contributed by atoms with E-state index in [9.17, 15) is 0 Å². The van der Waals surface area contributed by atoms with Gasteiger partial charge < -0.3 is 10.2 Å². The van der Waals surface area contributed by atoms with Crippen molar-refractivity contribution in [1.29, 1.82) is 0 Å². The van der Waals surface area contributed by atoms with Crippen molar-refractivity contribution in [1.82, 2.24) is 25.0 Å². The van der Waals surface area contributed by atoms with E-state index in [1.54, 1.807) is 0 Å². The predicted octanol–water partition coefficient (Wildman–Crippen LogP) is 3.76. The number of nitrogens with one attached hydrogen (secondary N) is 1. The number of nitrogens with zero attached hydrogens (tertiary/aromatic N) is 4. The van der Waals surface area contributed by atoms with E-state index in [0.29, 0.717) is 5.92 Å². The average molecular weight is 376 g/mol. The second-order valence-corrected chi connectivity index (χ2v) is 7.76. The van der Waals surface area contributed by atoms with Gasteiger partial charge in [-0.2, -0.15) is 5.10 Å². The van der Waals surface area contributed by atoms with E-state index in [-0.39, 0.29) is 0 Å². The molecule has 0 bridgehead atoms. The van der Waals surface area contributed by atoms with Crippen LogP contribution in [0.2, 0.25) is 0 Å². The summed E-state index contributed by atoms with van der Waals surface area (Å²) in [5.74, 6) is 0.645. The van der Waals surface area contributed by atoms with Crippen molar-refractivity contribution in [3.63, 3.8) is 0 Å². The smallest absolute Gasteiger partial charge is 0.0973 e. The minimum Gasteiger partial charge on any atom is -0.312 e. The molecule has 0 saturated carbocycles. The van der Waals surface area contributed by atoms with Crippen LogP contribution in [0.3, 0.4) is 0 Å². The number of hydrogen-bond donors (Lipinski definition) is 1. The molecular formula is C23H29N5. The Kier molecular flexibility index (Phi) is 6.14. The van der Waals surface area contributed by atoms with E-state index in [0.717, 1.165) is 30.0 Å². The molecule has 28 heavy (non-hydrogen) atoms. The van der Waals surface area contributed by atoms with Gasteiger partial charge in [0.1, 0.15) is 0 Å². The quantitative estimate of drug-likeness (QED) is 0.651. The van der Waals surface area contributed by atoms with Crippen LogP contribution in [-0.2, 0) is 6.54 Å². The molecule has 5 nitrogen and oxygen atoms in total.